The quantitative estimate of drug-likeness (QED) is 0.789. The molecule has 0 aromatic heterocycles. The SMILES string of the molecule is CC(C)C1CCC(N)(CCSc2ccccc2)CC1. The van der Waals surface area contributed by atoms with Crippen molar-refractivity contribution in [2.75, 3.05) is 5.75 Å². The van der Waals surface area contributed by atoms with Crippen LogP contribution in [-0.2, 0) is 0 Å². The smallest absolute Gasteiger partial charge is 0.0162 e. The molecule has 1 aliphatic carbocycles. The van der Waals surface area contributed by atoms with E-state index in [1.54, 1.807) is 0 Å². The molecule has 2 heteroatoms. The van der Waals surface area contributed by atoms with Crippen molar-refractivity contribution in [3.63, 3.8) is 0 Å². The minimum atomic E-state index is 0.104. The van der Waals surface area contributed by atoms with E-state index in [1.165, 1.54) is 30.6 Å². The van der Waals surface area contributed by atoms with E-state index in [0.29, 0.717) is 0 Å². The van der Waals surface area contributed by atoms with Gasteiger partial charge in [-0.2, -0.15) is 0 Å². The van der Waals surface area contributed by atoms with Crippen molar-refractivity contribution in [3.05, 3.63) is 30.3 Å². The zero-order valence-electron chi connectivity index (χ0n) is 12.3. The molecule has 0 atom stereocenters. The van der Waals surface area contributed by atoms with E-state index >= 15 is 0 Å². The lowest BCUT2D eigenvalue weighted by Crippen LogP contribution is -2.44. The van der Waals surface area contributed by atoms with Crippen molar-refractivity contribution in [2.24, 2.45) is 17.6 Å². The molecule has 0 spiro atoms. The van der Waals surface area contributed by atoms with Gasteiger partial charge >= 0.3 is 0 Å². The van der Waals surface area contributed by atoms with Gasteiger partial charge in [-0.15, -0.1) is 11.8 Å². The molecule has 0 amide bonds. The Morgan fingerprint density at radius 1 is 1.21 bits per heavy atom. The Labute approximate surface area is 122 Å². The maximum absolute atomic E-state index is 6.57. The first kappa shape index (κ1) is 14.9. The lowest BCUT2D eigenvalue weighted by molar-refractivity contribution is 0.192. The van der Waals surface area contributed by atoms with Gasteiger partial charge in [0.2, 0.25) is 0 Å². The Bertz CT molecular complexity index is 366. The summed E-state index contributed by atoms with van der Waals surface area (Å²) in [5, 5.41) is 0. The van der Waals surface area contributed by atoms with Crippen LogP contribution in [0.3, 0.4) is 0 Å². The van der Waals surface area contributed by atoms with Crippen molar-refractivity contribution >= 4 is 11.8 Å². The van der Waals surface area contributed by atoms with E-state index in [2.05, 4.69) is 44.2 Å². The second kappa shape index (κ2) is 6.81. The minimum Gasteiger partial charge on any atom is -0.325 e. The molecular formula is C17H27NS. The van der Waals surface area contributed by atoms with E-state index in [4.69, 9.17) is 5.73 Å². The summed E-state index contributed by atoms with van der Waals surface area (Å²) < 4.78 is 0. The molecule has 0 aliphatic heterocycles. The summed E-state index contributed by atoms with van der Waals surface area (Å²) in [5.74, 6) is 2.87. The van der Waals surface area contributed by atoms with Crippen LogP contribution in [-0.4, -0.2) is 11.3 Å². The van der Waals surface area contributed by atoms with Crippen molar-refractivity contribution in [3.8, 4) is 0 Å². The molecular weight excluding hydrogens is 250 g/mol. The van der Waals surface area contributed by atoms with Gasteiger partial charge in [-0.1, -0.05) is 32.0 Å². The van der Waals surface area contributed by atoms with Gasteiger partial charge in [-0.25, -0.2) is 0 Å². The molecule has 1 nitrogen and oxygen atoms in total. The fourth-order valence-electron chi connectivity index (χ4n) is 3.02. The molecule has 1 fully saturated rings. The first-order valence-electron chi connectivity index (χ1n) is 7.56. The molecule has 106 valence electrons. The molecule has 0 unspecified atom stereocenters. The van der Waals surface area contributed by atoms with Crippen molar-refractivity contribution in [1.29, 1.82) is 0 Å². The van der Waals surface area contributed by atoms with Crippen LogP contribution < -0.4 is 5.73 Å². The van der Waals surface area contributed by atoms with Crippen LogP contribution in [0.4, 0.5) is 0 Å². The highest BCUT2D eigenvalue weighted by atomic mass is 32.2. The summed E-state index contributed by atoms with van der Waals surface area (Å²) in [4.78, 5) is 1.36. The van der Waals surface area contributed by atoms with Gasteiger partial charge in [0, 0.05) is 10.4 Å². The Balaban J connectivity index is 1.74. The molecule has 19 heavy (non-hydrogen) atoms. The standard InChI is InChI=1S/C17H27NS/c1-14(2)15-8-10-17(18,11-9-15)12-13-19-16-6-4-3-5-7-16/h3-7,14-15H,8-13,18H2,1-2H3. The van der Waals surface area contributed by atoms with E-state index in [9.17, 15) is 0 Å². The maximum Gasteiger partial charge on any atom is 0.0162 e. The monoisotopic (exact) mass is 277 g/mol. The number of benzene rings is 1. The summed E-state index contributed by atoms with van der Waals surface area (Å²) in [6.45, 7) is 4.69. The van der Waals surface area contributed by atoms with Crippen molar-refractivity contribution < 1.29 is 0 Å². The van der Waals surface area contributed by atoms with Crippen molar-refractivity contribution in [2.45, 2.75) is 56.4 Å². The van der Waals surface area contributed by atoms with Gasteiger partial charge in [-0.05, 0) is 61.8 Å². The molecule has 1 aromatic rings. The molecule has 1 aliphatic rings. The lowest BCUT2D eigenvalue weighted by atomic mass is 9.72. The fourth-order valence-corrected chi connectivity index (χ4v) is 4.11. The van der Waals surface area contributed by atoms with Crippen LogP contribution in [0.2, 0.25) is 0 Å². The normalized spacial score (nSPS) is 27.7. The number of rotatable bonds is 5. The highest BCUT2D eigenvalue weighted by Crippen LogP contribution is 2.37. The Morgan fingerprint density at radius 2 is 1.84 bits per heavy atom. The first-order valence-corrected chi connectivity index (χ1v) is 8.54. The molecule has 0 saturated heterocycles. The van der Waals surface area contributed by atoms with Crippen LogP contribution in [0.5, 0.6) is 0 Å². The topological polar surface area (TPSA) is 26.0 Å². The first-order chi connectivity index (χ1) is 9.09. The largest absolute Gasteiger partial charge is 0.325 e. The number of nitrogens with two attached hydrogens (primary N) is 1. The second-order valence-corrected chi connectivity index (χ2v) is 7.52. The summed E-state index contributed by atoms with van der Waals surface area (Å²) >= 11 is 1.94. The van der Waals surface area contributed by atoms with Crippen LogP contribution in [0.25, 0.3) is 0 Å². The van der Waals surface area contributed by atoms with E-state index in [0.717, 1.165) is 24.0 Å². The zero-order valence-corrected chi connectivity index (χ0v) is 13.1. The average molecular weight is 277 g/mol. The van der Waals surface area contributed by atoms with Crippen molar-refractivity contribution in [1.82, 2.24) is 0 Å². The number of hydrogen-bond acceptors (Lipinski definition) is 2. The predicted octanol–water partition coefficient (Wildman–Crippen LogP) is 4.71. The zero-order chi connectivity index (χ0) is 13.7. The lowest BCUT2D eigenvalue weighted by Gasteiger charge is -2.38. The average Bonchev–Trinajstić information content (AvgIpc) is 2.40. The van der Waals surface area contributed by atoms with Crippen LogP contribution >= 0.6 is 11.8 Å². The van der Waals surface area contributed by atoms with Gasteiger partial charge in [-0.3, -0.25) is 0 Å². The highest BCUT2D eigenvalue weighted by molar-refractivity contribution is 7.99. The number of hydrogen-bond donors (Lipinski definition) is 1. The van der Waals surface area contributed by atoms with E-state index < -0.39 is 0 Å². The molecule has 1 saturated carbocycles. The second-order valence-electron chi connectivity index (χ2n) is 6.36. The van der Waals surface area contributed by atoms with Gasteiger partial charge in [0.05, 0.1) is 0 Å². The van der Waals surface area contributed by atoms with Gasteiger partial charge in [0.25, 0.3) is 0 Å². The van der Waals surface area contributed by atoms with Crippen LogP contribution in [0.15, 0.2) is 35.2 Å². The summed E-state index contributed by atoms with van der Waals surface area (Å²) in [5.41, 5.74) is 6.68. The van der Waals surface area contributed by atoms with Crippen LogP contribution in [0.1, 0.15) is 46.0 Å². The molecule has 2 rings (SSSR count). The Kier molecular flexibility index (Phi) is 5.35. The summed E-state index contributed by atoms with van der Waals surface area (Å²) in [6, 6.07) is 10.7. The van der Waals surface area contributed by atoms with Gasteiger partial charge < -0.3 is 5.73 Å². The summed E-state index contributed by atoms with van der Waals surface area (Å²) in [7, 11) is 0. The number of thioether (sulfide) groups is 1. The minimum absolute atomic E-state index is 0.104. The summed E-state index contributed by atoms with van der Waals surface area (Å²) in [6.07, 6.45) is 6.22. The molecule has 0 bridgehead atoms. The molecule has 0 radical (unpaired) electrons. The Morgan fingerprint density at radius 3 is 2.42 bits per heavy atom. The van der Waals surface area contributed by atoms with Gasteiger partial charge in [0.15, 0.2) is 0 Å². The molecule has 0 heterocycles. The fraction of sp³-hybridized carbons (Fsp3) is 0.647. The third-order valence-corrected chi connectivity index (χ3v) is 5.59. The van der Waals surface area contributed by atoms with Crippen LogP contribution in [0, 0.1) is 11.8 Å². The third kappa shape index (κ3) is 4.54. The molecule has 2 N–H and O–H groups in total. The Hall–Kier alpha value is -0.470. The highest BCUT2D eigenvalue weighted by Gasteiger charge is 2.32. The molecule has 1 aromatic carbocycles. The third-order valence-electron chi connectivity index (χ3n) is 4.58. The van der Waals surface area contributed by atoms with E-state index in [1.807, 2.05) is 11.8 Å². The maximum atomic E-state index is 6.57. The van der Waals surface area contributed by atoms with Gasteiger partial charge in [0.1, 0.15) is 0 Å². The van der Waals surface area contributed by atoms with E-state index in [-0.39, 0.29) is 5.54 Å². The predicted molar refractivity (Wildman–Crippen MR) is 85.5 cm³/mol.